The van der Waals surface area contributed by atoms with E-state index in [0.29, 0.717) is 10.7 Å². The van der Waals surface area contributed by atoms with Gasteiger partial charge in [-0.3, -0.25) is 9.59 Å². The number of aryl methyl sites for hydroxylation is 1. The fraction of sp³-hybridized carbons (Fsp3) is 0.267. The molecule has 0 aliphatic heterocycles. The largest absolute Gasteiger partial charge is 0.301 e. The number of nitrogens with zero attached hydrogens (tertiary/aromatic N) is 1. The zero-order valence-electron chi connectivity index (χ0n) is 11.8. The summed E-state index contributed by atoms with van der Waals surface area (Å²) >= 11 is 4.69. The molecule has 0 amide bonds. The minimum atomic E-state index is -0.171. The third-order valence-electron chi connectivity index (χ3n) is 2.81. The Hall–Kier alpha value is -1.40. The molecule has 0 atom stereocenters. The van der Waals surface area contributed by atoms with Crippen molar-refractivity contribution in [3.8, 4) is 0 Å². The molecule has 6 heteroatoms. The highest BCUT2D eigenvalue weighted by Crippen LogP contribution is 2.30. The van der Waals surface area contributed by atoms with Crippen molar-refractivity contribution in [3.05, 3.63) is 50.3 Å². The zero-order valence-corrected chi connectivity index (χ0v) is 14.2. The molecule has 110 valence electrons. The SMILES string of the molecule is CCCc1cc(=O)[nH]c(Sc2cc(Br)ccc2C(C)=O)n1. The number of carbonyl (C=O) groups excluding carboxylic acids is 1. The monoisotopic (exact) mass is 366 g/mol. The predicted molar refractivity (Wildman–Crippen MR) is 87.1 cm³/mol. The van der Waals surface area contributed by atoms with Gasteiger partial charge in [0.1, 0.15) is 0 Å². The number of aromatic nitrogens is 2. The van der Waals surface area contributed by atoms with Gasteiger partial charge in [-0.2, -0.15) is 0 Å². The molecule has 2 rings (SSSR count). The fourth-order valence-corrected chi connectivity index (χ4v) is 3.43. The van der Waals surface area contributed by atoms with Gasteiger partial charge in [0.15, 0.2) is 10.9 Å². The number of aromatic amines is 1. The summed E-state index contributed by atoms with van der Waals surface area (Å²) in [6.07, 6.45) is 1.69. The van der Waals surface area contributed by atoms with Crippen molar-refractivity contribution in [2.75, 3.05) is 0 Å². The summed E-state index contributed by atoms with van der Waals surface area (Å²) < 4.78 is 0.877. The second-order valence-corrected chi connectivity index (χ2v) is 6.54. The van der Waals surface area contributed by atoms with Gasteiger partial charge in [0, 0.05) is 26.7 Å². The number of carbonyl (C=O) groups is 1. The van der Waals surface area contributed by atoms with Crippen LogP contribution in [-0.2, 0) is 6.42 Å². The Labute approximate surface area is 135 Å². The highest BCUT2D eigenvalue weighted by Gasteiger charge is 2.11. The van der Waals surface area contributed by atoms with Crippen LogP contribution < -0.4 is 5.56 Å². The Morgan fingerprint density at radius 1 is 1.38 bits per heavy atom. The molecule has 0 unspecified atom stereocenters. The lowest BCUT2D eigenvalue weighted by Crippen LogP contribution is -2.10. The first-order chi connectivity index (χ1) is 9.99. The number of rotatable bonds is 5. The smallest absolute Gasteiger partial charge is 0.251 e. The summed E-state index contributed by atoms with van der Waals surface area (Å²) in [5.74, 6) is -0.0166. The van der Waals surface area contributed by atoms with Gasteiger partial charge in [-0.25, -0.2) is 4.98 Å². The van der Waals surface area contributed by atoms with Gasteiger partial charge in [0.05, 0.1) is 0 Å². The van der Waals surface area contributed by atoms with E-state index in [1.165, 1.54) is 24.8 Å². The van der Waals surface area contributed by atoms with E-state index in [2.05, 4.69) is 25.9 Å². The maximum absolute atomic E-state index is 11.7. The molecular formula is C15H15BrN2O2S. The molecular weight excluding hydrogens is 352 g/mol. The number of benzene rings is 1. The summed E-state index contributed by atoms with van der Waals surface area (Å²) in [6.45, 7) is 3.56. The average Bonchev–Trinajstić information content (AvgIpc) is 2.38. The van der Waals surface area contributed by atoms with E-state index in [0.717, 1.165) is 27.9 Å². The van der Waals surface area contributed by atoms with E-state index in [1.54, 1.807) is 6.07 Å². The van der Waals surface area contributed by atoms with Gasteiger partial charge in [0.2, 0.25) is 0 Å². The van der Waals surface area contributed by atoms with Crippen molar-refractivity contribution < 1.29 is 4.79 Å². The number of nitrogens with one attached hydrogen (secondary N) is 1. The molecule has 0 saturated heterocycles. The minimum absolute atomic E-state index is 0.0166. The molecule has 1 aromatic carbocycles. The van der Waals surface area contributed by atoms with Crippen molar-refractivity contribution in [2.45, 2.75) is 36.7 Å². The lowest BCUT2D eigenvalue weighted by Gasteiger charge is -2.07. The van der Waals surface area contributed by atoms with Crippen LogP contribution in [0.2, 0.25) is 0 Å². The van der Waals surface area contributed by atoms with Crippen molar-refractivity contribution in [1.82, 2.24) is 9.97 Å². The van der Waals surface area contributed by atoms with Crippen LogP contribution in [0.3, 0.4) is 0 Å². The Bertz CT molecular complexity index is 728. The predicted octanol–water partition coefficient (Wildman–Crippen LogP) is 3.84. The second kappa shape index (κ2) is 7.04. The average molecular weight is 367 g/mol. The number of halogens is 1. The van der Waals surface area contributed by atoms with Crippen LogP contribution in [-0.4, -0.2) is 15.8 Å². The fourth-order valence-electron chi connectivity index (χ4n) is 1.89. The molecule has 4 nitrogen and oxygen atoms in total. The standard InChI is InChI=1S/C15H15BrN2O2S/c1-3-4-11-8-14(20)18-15(17-11)21-13-7-10(16)5-6-12(13)9(2)19/h5-8H,3-4H2,1-2H3,(H,17,18,20). The Morgan fingerprint density at radius 2 is 2.14 bits per heavy atom. The second-order valence-electron chi connectivity index (χ2n) is 4.59. The van der Waals surface area contributed by atoms with Gasteiger partial charge in [-0.1, -0.05) is 41.0 Å². The molecule has 0 spiro atoms. The highest BCUT2D eigenvalue weighted by atomic mass is 79.9. The summed E-state index contributed by atoms with van der Waals surface area (Å²) in [7, 11) is 0. The van der Waals surface area contributed by atoms with Crippen LogP contribution in [0.25, 0.3) is 0 Å². The van der Waals surface area contributed by atoms with Crippen LogP contribution >= 0.6 is 27.7 Å². The van der Waals surface area contributed by atoms with Gasteiger partial charge >= 0.3 is 0 Å². The Balaban J connectivity index is 2.40. The number of Topliss-reactive ketones (excluding diaryl/α,β-unsaturated/α-hetero) is 1. The number of hydrogen-bond donors (Lipinski definition) is 1. The topological polar surface area (TPSA) is 62.8 Å². The van der Waals surface area contributed by atoms with Crippen LogP contribution in [0.15, 0.2) is 43.6 Å². The highest BCUT2D eigenvalue weighted by molar-refractivity contribution is 9.10. The summed E-state index contributed by atoms with van der Waals surface area (Å²) in [5, 5.41) is 0.506. The molecule has 1 heterocycles. The third-order valence-corrected chi connectivity index (χ3v) is 4.25. The molecule has 0 saturated carbocycles. The molecule has 0 bridgehead atoms. The van der Waals surface area contributed by atoms with Crippen LogP contribution in [0.5, 0.6) is 0 Å². The Kier molecular flexibility index (Phi) is 5.36. The molecule has 0 aliphatic carbocycles. The first kappa shape index (κ1) is 16.0. The summed E-state index contributed by atoms with van der Waals surface area (Å²) in [5.41, 5.74) is 1.21. The minimum Gasteiger partial charge on any atom is -0.301 e. The van der Waals surface area contributed by atoms with Crippen LogP contribution in [0, 0.1) is 0 Å². The maximum Gasteiger partial charge on any atom is 0.251 e. The first-order valence-corrected chi connectivity index (χ1v) is 8.19. The third kappa shape index (κ3) is 4.28. The van der Waals surface area contributed by atoms with Gasteiger partial charge < -0.3 is 4.98 Å². The lowest BCUT2D eigenvalue weighted by atomic mass is 10.1. The molecule has 2 aromatic rings. The quantitative estimate of drug-likeness (QED) is 0.644. The summed E-state index contributed by atoms with van der Waals surface area (Å²) in [6, 6.07) is 6.96. The van der Waals surface area contributed by atoms with Gasteiger partial charge in [-0.15, -0.1) is 0 Å². The number of hydrogen-bond acceptors (Lipinski definition) is 4. The molecule has 1 N–H and O–H groups in total. The first-order valence-electron chi connectivity index (χ1n) is 6.58. The zero-order chi connectivity index (χ0) is 15.4. The molecule has 0 fully saturated rings. The molecule has 21 heavy (non-hydrogen) atoms. The van der Waals surface area contributed by atoms with Crippen molar-refractivity contribution >= 4 is 33.5 Å². The van der Waals surface area contributed by atoms with Crippen molar-refractivity contribution in [2.24, 2.45) is 0 Å². The number of ketones is 1. The Morgan fingerprint density at radius 3 is 2.81 bits per heavy atom. The molecule has 0 aliphatic rings. The normalized spacial score (nSPS) is 10.6. The van der Waals surface area contributed by atoms with E-state index in [9.17, 15) is 9.59 Å². The van der Waals surface area contributed by atoms with E-state index in [1.807, 2.05) is 19.1 Å². The van der Waals surface area contributed by atoms with E-state index in [-0.39, 0.29) is 11.3 Å². The van der Waals surface area contributed by atoms with Crippen molar-refractivity contribution in [3.63, 3.8) is 0 Å². The molecule has 1 aromatic heterocycles. The lowest BCUT2D eigenvalue weighted by molar-refractivity contribution is 0.101. The van der Waals surface area contributed by atoms with Gasteiger partial charge in [-0.05, 0) is 31.5 Å². The van der Waals surface area contributed by atoms with Crippen molar-refractivity contribution in [1.29, 1.82) is 0 Å². The van der Waals surface area contributed by atoms with E-state index >= 15 is 0 Å². The van der Waals surface area contributed by atoms with E-state index in [4.69, 9.17) is 0 Å². The molecule has 0 radical (unpaired) electrons. The summed E-state index contributed by atoms with van der Waals surface area (Å²) in [4.78, 5) is 31.3. The maximum atomic E-state index is 11.7. The van der Waals surface area contributed by atoms with Gasteiger partial charge in [0.25, 0.3) is 5.56 Å². The van der Waals surface area contributed by atoms with Crippen LogP contribution in [0.1, 0.15) is 36.3 Å². The van der Waals surface area contributed by atoms with Crippen LogP contribution in [0.4, 0.5) is 0 Å². The number of H-pyrrole nitrogens is 1. The van der Waals surface area contributed by atoms with E-state index < -0.39 is 0 Å².